The van der Waals surface area contributed by atoms with Gasteiger partial charge in [0, 0.05) is 30.8 Å². The summed E-state index contributed by atoms with van der Waals surface area (Å²) in [6.45, 7) is 2.20. The van der Waals surface area contributed by atoms with Crippen molar-refractivity contribution < 1.29 is 34.0 Å². The Balaban J connectivity index is 1.68. The quantitative estimate of drug-likeness (QED) is 0.419. The SMILES string of the molecule is CCOCC(=O)N(CCc1cccc(OC)c1)C1C=C(C(=O)NCCO)C2c3ccccc3OC2C1O. The number of para-hydroxylation sites is 1. The average molecular weight is 511 g/mol. The molecule has 1 aliphatic carbocycles. The average Bonchev–Trinajstić information content (AvgIpc) is 3.32. The van der Waals surface area contributed by atoms with Crippen LogP contribution in [0.5, 0.6) is 11.5 Å². The lowest BCUT2D eigenvalue weighted by Crippen LogP contribution is -2.56. The molecule has 0 saturated carbocycles. The molecule has 0 bridgehead atoms. The molecule has 37 heavy (non-hydrogen) atoms. The third kappa shape index (κ3) is 5.79. The van der Waals surface area contributed by atoms with Crippen LogP contribution in [0, 0.1) is 0 Å². The lowest BCUT2D eigenvalue weighted by molar-refractivity contribution is -0.141. The van der Waals surface area contributed by atoms with Crippen molar-refractivity contribution in [3.63, 3.8) is 0 Å². The van der Waals surface area contributed by atoms with Crippen molar-refractivity contribution in [2.24, 2.45) is 0 Å². The Morgan fingerprint density at radius 1 is 1.16 bits per heavy atom. The van der Waals surface area contributed by atoms with Gasteiger partial charge in [-0.3, -0.25) is 9.59 Å². The number of hydrogen-bond donors (Lipinski definition) is 3. The van der Waals surface area contributed by atoms with Crippen molar-refractivity contribution >= 4 is 11.8 Å². The van der Waals surface area contributed by atoms with Crippen molar-refractivity contribution in [2.75, 3.05) is 40.0 Å². The molecule has 4 atom stereocenters. The largest absolute Gasteiger partial charge is 0.497 e. The number of rotatable bonds is 11. The van der Waals surface area contributed by atoms with Gasteiger partial charge in [0.1, 0.15) is 30.3 Å². The van der Waals surface area contributed by atoms with Crippen LogP contribution < -0.4 is 14.8 Å². The molecule has 9 heteroatoms. The number of fused-ring (bicyclic) bond motifs is 3. The predicted octanol–water partition coefficient (Wildman–Crippen LogP) is 1.43. The van der Waals surface area contributed by atoms with E-state index in [1.807, 2.05) is 42.5 Å². The second-order valence-corrected chi connectivity index (χ2v) is 9.01. The van der Waals surface area contributed by atoms with Gasteiger partial charge in [-0.05, 0) is 43.2 Å². The molecule has 4 rings (SSSR count). The van der Waals surface area contributed by atoms with Crippen LogP contribution in [0.2, 0.25) is 0 Å². The minimum atomic E-state index is -1.08. The lowest BCUT2D eigenvalue weighted by Gasteiger charge is -2.40. The van der Waals surface area contributed by atoms with Crippen LogP contribution in [0.1, 0.15) is 24.0 Å². The molecule has 198 valence electrons. The first-order valence-electron chi connectivity index (χ1n) is 12.5. The van der Waals surface area contributed by atoms with Gasteiger partial charge < -0.3 is 34.6 Å². The van der Waals surface area contributed by atoms with Crippen LogP contribution in [-0.4, -0.2) is 85.2 Å². The van der Waals surface area contributed by atoms with Crippen molar-refractivity contribution in [1.82, 2.24) is 10.2 Å². The zero-order valence-corrected chi connectivity index (χ0v) is 21.1. The molecule has 4 unspecified atom stereocenters. The molecule has 0 saturated heterocycles. The van der Waals surface area contributed by atoms with Crippen LogP contribution >= 0.6 is 0 Å². The van der Waals surface area contributed by atoms with Gasteiger partial charge in [-0.25, -0.2) is 0 Å². The molecule has 2 aromatic rings. The van der Waals surface area contributed by atoms with E-state index in [9.17, 15) is 19.8 Å². The van der Waals surface area contributed by atoms with Gasteiger partial charge in [0.15, 0.2) is 0 Å². The van der Waals surface area contributed by atoms with Crippen LogP contribution in [0.15, 0.2) is 60.2 Å². The third-order valence-corrected chi connectivity index (χ3v) is 6.76. The molecule has 0 spiro atoms. The topological polar surface area (TPSA) is 118 Å². The number of hydrogen-bond acceptors (Lipinski definition) is 7. The minimum absolute atomic E-state index is 0.0894. The summed E-state index contributed by atoms with van der Waals surface area (Å²) in [5, 5.41) is 23.5. The van der Waals surface area contributed by atoms with Crippen molar-refractivity contribution in [2.45, 2.75) is 37.5 Å². The van der Waals surface area contributed by atoms with Crippen LogP contribution in [0.25, 0.3) is 0 Å². The Bertz CT molecular complexity index is 1140. The van der Waals surface area contributed by atoms with E-state index in [0.29, 0.717) is 30.1 Å². The molecule has 2 aliphatic rings. The Morgan fingerprint density at radius 2 is 1.97 bits per heavy atom. The highest BCUT2D eigenvalue weighted by Crippen LogP contribution is 2.47. The third-order valence-electron chi connectivity index (χ3n) is 6.76. The van der Waals surface area contributed by atoms with Crippen molar-refractivity contribution in [1.29, 1.82) is 0 Å². The molecular weight excluding hydrogens is 476 g/mol. The fraction of sp³-hybridized carbons (Fsp3) is 0.429. The minimum Gasteiger partial charge on any atom is -0.497 e. The number of benzene rings is 2. The number of ether oxygens (including phenoxy) is 3. The normalized spacial score (nSPS) is 21.8. The first kappa shape index (κ1) is 26.7. The first-order valence-corrected chi connectivity index (χ1v) is 12.5. The Kier molecular flexibility index (Phi) is 8.81. The number of aliphatic hydroxyl groups excluding tert-OH is 2. The van der Waals surface area contributed by atoms with Gasteiger partial charge in [0.25, 0.3) is 0 Å². The van der Waals surface area contributed by atoms with E-state index in [1.54, 1.807) is 31.1 Å². The summed E-state index contributed by atoms with van der Waals surface area (Å²) in [6, 6.07) is 14.1. The van der Waals surface area contributed by atoms with Crippen LogP contribution in [0.3, 0.4) is 0 Å². The number of nitrogens with one attached hydrogen (secondary N) is 1. The zero-order valence-electron chi connectivity index (χ0n) is 21.1. The van der Waals surface area contributed by atoms with Gasteiger partial charge in [-0.2, -0.15) is 0 Å². The molecule has 0 aromatic heterocycles. The molecular formula is C28H34N2O7. The maximum atomic E-state index is 13.3. The smallest absolute Gasteiger partial charge is 0.249 e. The molecule has 2 aromatic carbocycles. The second-order valence-electron chi connectivity index (χ2n) is 9.01. The van der Waals surface area contributed by atoms with Crippen molar-refractivity contribution in [3.05, 3.63) is 71.3 Å². The number of nitrogens with zero attached hydrogens (tertiary/aromatic N) is 1. The Morgan fingerprint density at radius 3 is 2.73 bits per heavy atom. The summed E-state index contributed by atoms with van der Waals surface area (Å²) in [4.78, 5) is 28.1. The van der Waals surface area contributed by atoms with Gasteiger partial charge in [-0.15, -0.1) is 0 Å². The summed E-state index contributed by atoms with van der Waals surface area (Å²) in [5.74, 6) is 0.149. The van der Waals surface area contributed by atoms with Crippen LogP contribution in [-0.2, 0) is 20.7 Å². The molecule has 9 nitrogen and oxygen atoms in total. The highest BCUT2D eigenvalue weighted by Gasteiger charge is 2.50. The van der Waals surface area contributed by atoms with Gasteiger partial charge in [0.05, 0.1) is 25.7 Å². The van der Waals surface area contributed by atoms with Crippen molar-refractivity contribution in [3.8, 4) is 11.5 Å². The van der Waals surface area contributed by atoms with E-state index in [2.05, 4.69) is 5.32 Å². The maximum Gasteiger partial charge on any atom is 0.249 e. The fourth-order valence-electron chi connectivity index (χ4n) is 4.98. The van der Waals surface area contributed by atoms with Gasteiger partial charge >= 0.3 is 0 Å². The molecule has 0 radical (unpaired) electrons. The summed E-state index contributed by atoms with van der Waals surface area (Å²) in [7, 11) is 1.60. The summed E-state index contributed by atoms with van der Waals surface area (Å²) in [6.07, 6.45) is 0.344. The zero-order chi connectivity index (χ0) is 26.4. The highest BCUT2D eigenvalue weighted by molar-refractivity contribution is 5.96. The second kappa shape index (κ2) is 12.2. The Hall–Kier alpha value is -3.40. The predicted molar refractivity (Wildman–Crippen MR) is 136 cm³/mol. The maximum absolute atomic E-state index is 13.3. The molecule has 2 amide bonds. The Labute approximate surface area is 216 Å². The lowest BCUT2D eigenvalue weighted by atomic mass is 9.77. The number of carbonyl (C=O) groups is 2. The van der Waals surface area contributed by atoms with E-state index in [0.717, 1.165) is 11.1 Å². The molecule has 1 aliphatic heterocycles. The number of aliphatic hydroxyl groups is 2. The summed E-state index contributed by atoms with van der Waals surface area (Å²) < 4.78 is 16.9. The van der Waals surface area contributed by atoms with Gasteiger partial charge in [-0.1, -0.05) is 30.3 Å². The number of methoxy groups -OCH3 is 1. The molecule has 3 N–H and O–H groups in total. The van der Waals surface area contributed by atoms with E-state index in [-0.39, 0.29) is 38.1 Å². The molecule has 0 fully saturated rings. The molecule has 1 heterocycles. The summed E-state index contributed by atoms with van der Waals surface area (Å²) >= 11 is 0. The van der Waals surface area contributed by atoms with E-state index in [1.165, 1.54) is 0 Å². The standard InChI is InChI=1S/C28H34N2O7/c1-3-36-17-24(32)30(13-11-18-7-6-8-19(15-18)35-2)22-16-21(28(34)29-12-14-31)25-20-9-4-5-10-23(20)37-27(25)26(22)33/h4-10,15-16,22,25-27,31,33H,3,11-14,17H2,1-2H3,(H,29,34). The fourth-order valence-corrected chi connectivity index (χ4v) is 4.98. The number of carbonyl (C=O) groups excluding carboxylic acids is 2. The first-order chi connectivity index (χ1) is 18.0. The van der Waals surface area contributed by atoms with E-state index >= 15 is 0 Å². The highest BCUT2D eigenvalue weighted by atomic mass is 16.5. The van der Waals surface area contributed by atoms with Gasteiger partial charge in [0.2, 0.25) is 11.8 Å². The van der Waals surface area contributed by atoms with Crippen LogP contribution in [0.4, 0.5) is 0 Å². The number of amides is 2. The monoisotopic (exact) mass is 510 g/mol. The van der Waals surface area contributed by atoms with E-state index < -0.39 is 24.2 Å². The summed E-state index contributed by atoms with van der Waals surface area (Å²) in [5.41, 5.74) is 2.17. The van der Waals surface area contributed by atoms with E-state index in [4.69, 9.17) is 14.2 Å².